The summed E-state index contributed by atoms with van der Waals surface area (Å²) in [6.45, 7) is 2.68. The van der Waals surface area contributed by atoms with E-state index in [9.17, 15) is 22.8 Å². The lowest BCUT2D eigenvalue weighted by molar-refractivity contribution is -0.139. The van der Waals surface area contributed by atoms with Gasteiger partial charge < -0.3 is 18.8 Å². The Kier molecular flexibility index (Phi) is 5.54. The Hall–Kier alpha value is -4.15. The Labute approximate surface area is 197 Å². The summed E-state index contributed by atoms with van der Waals surface area (Å²) in [4.78, 5) is 35.2. The van der Waals surface area contributed by atoms with Gasteiger partial charge in [0.2, 0.25) is 0 Å². The number of aryl methyl sites for hydroxylation is 1. The first-order valence-electron chi connectivity index (χ1n) is 10.9. The molecule has 3 aromatic heterocycles. The highest BCUT2D eigenvalue weighted by molar-refractivity contribution is 5.93. The number of hydrogen-bond acceptors (Lipinski definition) is 5. The Balaban J connectivity index is 1.31. The minimum atomic E-state index is -4.58. The number of carbonyl (C=O) groups is 1. The highest BCUT2D eigenvalue weighted by atomic mass is 19.4. The van der Waals surface area contributed by atoms with Crippen LogP contribution >= 0.6 is 0 Å². The molecule has 1 amide bonds. The van der Waals surface area contributed by atoms with Crippen molar-refractivity contribution in [2.75, 3.05) is 19.7 Å². The van der Waals surface area contributed by atoms with Crippen molar-refractivity contribution in [2.24, 2.45) is 0 Å². The van der Waals surface area contributed by atoms with E-state index in [1.807, 2.05) is 6.92 Å². The standard InChI is InChI=1S/C24H20F3N5O3/c1-15-13-31(14-29-15)18-6-7-19-22(33)30(8-9-32(19)23(18)34)10-11-35-20-12-28-21(24(25,26)27)17-5-3-2-4-16(17)20/h2-7,12-14H,8-11H2,1H3. The molecule has 0 fully saturated rings. The van der Waals surface area contributed by atoms with Gasteiger partial charge in [-0.3, -0.25) is 9.59 Å². The van der Waals surface area contributed by atoms with Crippen LogP contribution in [0.4, 0.5) is 13.2 Å². The molecule has 0 aliphatic carbocycles. The van der Waals surface area contributed by atoms with Gasteiger partial charge in [-0.25, -0.2) is 9.97 Å². The summed E-state index contributed by atoms with van der Waals surface area (Å²) in [6.07, 6.45) is -0.247. The van der Waals surface area contributed by atoms with Crippen molar-refractivity contribution in [2.45, 2.75) is 19.6 Å². The Morgan fingerprint density at radius 1 is 1.03 bits per heavy atom. The van der Waals surface area contributed by atoms with Crippen LogP contribution in [0.1, 0.15) is 21.9 Å². The minimum absolute atomic E-state index is 0.0521. The van der Waals surface area contributed by atoms with Crippen LogP contribution in [0.25, 0.3) is 16.5 Å². The second-order valence-corrected chi connectivity index (χ2v) is 8.14. The number of amides is 1. The first kappa shape index (κ1) is 22.6. The van der Waals surface area contributed by atoms with Crippen molar-refractivity contribution in [1.29, 1.82) is 0 Å². The molecule has 0 unspecified atom stereocenters. The van der Waals surface area contributed by atoms with Gasteiger partial charge in [-0.1, -0.05) is 24.3 Å². The molecular weight excluding hydrogens is 463 g/mol. The quantitative estimate of drug-likeness (QED) is 0.434. The van der Waals surface area contributed by atoms with Gasteiger partial charge in [0.15, 0.2) is 5.69 Å². The molecule has 0 radical (unpaired) electrons. The van der Waals surface area contributed by atoms with Gasteiger partial charge in [0, 0.05) is 30.1 Å². The largest absolute Gasteiger partial charge is 0.489 e. The second-order valence-electron chi connectivity index (χ2n) is 8.14. The second kappa shape index (κ2) is 8.57. The van der Waals surface area contributed by atoms with E-state index in [0.29, 0.717) is 24.2 Å². The molecule has 35 heavy (non-hydrogen) atoms. The normalized spacial score (nSPS) is 13.8. The van der Waals surface area contributed by atoms with Gasteiger partial charge in [0.05, 0.1) is 24.8 Å². The van der Waals surface area contributed by atoms with Gasteiger partial charge in [-0.05, 0) is 19.1 Å². The van der Waals surface area contributed by atoms with Crippen LogP contribution in [-0.4, -0.2) is 49.6 Å². The number of ether oxygens (including phenoxy) is 1. The molecule has 1 aliphatic heterocycles. The first-order chi connectivity index (χ1) is 16.7. The molecule has 1 aliphatic rings. The molecule has 0 bridgehead atoms. The van der Waals surface area contributed by atoms with E-state index in [2.05, 4.69) is 9.97 Å². The Morgan fingerprint density at radius 3 is 2.51 bits per heavy atom. The predicted octanol–water partition coefficient (Wildman–Crippen LogP) is 3.44. The van der Waals surface area contributed by atoms with E-state index in [1.54, 1.807) is 40.2 Å². The maximum atomic E-state index is 13.3. The molecule has 180 valence electrons. The maximum absolute atomic E-state index is 13.3. The van der Waals surface area contributed by atoms with Crippen molar-refractivity contribution < 1.29 is 22.7 Å². The Bertz CT molecular complexity index is 1490. The zero-order valence-corrected chi connectivity index (χ0v) is 18.6. The molecule has 8 nitrogen and oxygen atoms in total. The fourth-order valence-corrected chi connectivity index (χ4v) is 4.20. The van der Waals surface area contributed by atoms with Crippen molar-refractivity contribution in [3.8, 4) is 11.4 Å². The van der Waals surface area contributed by atoms with Crippen molar-refractivity contribution in [1.82, 2.24) is 24.0 Å². The lowest BCUT2D eigenvalue weighted by Gasteiger charge is -2.29. The lowest BCUT2D eigenvalue weighted by atomic mass is 10.1. The summed E-state index contributed by atoms with van der Waals surface area (Å²) in [5.74, 6) is -0.115. The van der Waals surface area contributed by atoms with E-state index in [-0.39, 0.29) is 41.4 Å². The predicted molar refractivity (Wildman–Crippen MR) is 121 cm³/mol. The number of halogens is 3. The van der Waals surface area contributed by atoms with Gasteiger partial charge in [0.25, 0.3) is 11.5 Å². The SMILES string of the molecule is Cc1cn(-c2ccc3n(c2=O)CCN(CCOc2cnc(C(F)(F)F)c4ccccc24)C3=O)cn1. The van der Waals surface area contributed by atoms with E-state index in [0.717, 1.165) is 11.9 Å². The topological polar surface area (TPSA) is 82.3 Å². The monoisotopic (exact) mass is 483 g/mol. The zero-order chi connectivity index (χ0) is 24.7. The molecule has 0 spiro atoms. The lowest BCUT2D eigenvalue weighted by Crippen LogP contribution is -2.46. The average molecular weight is 483 g/mol. The number of aromatic nitrogens is 4. The summed E-state index contributed by atoms with van der Waals surface area (Å²) in [7, 11) is 0. The summed E-state index contributed by atoms with van der Waals surface area (Å²) >= 11 is 0. The summed E-state index contributed by atoms with van der Waals surface area (Å²) in [6, 6.07) is 9.21. The Morgan fingerprint density at radius 2 is 1.80 bits per heavy atom. The van der Waals surface area contributed by atoms with Crippen molar-refractivity contribution in [3.63, 3.8) is 0 Å². The smallest absolute Gasteiger partial charge is 0.433 e. The summed E-state index contributed by atoms with van der Waals surface area (Å²) in [5, 5.41) is 0.239. The van der Waals surface area contributed by atoms with Gasteiger partial charge in [0.1, 0.15) is 23.7 Å². The third-order valence-corrected chi connectivity index (χ3v) is 5.89. The van der Waals surface area contributed by atoms with Crippen LogP contribution in [-0.2, 0) is 12.7 Å². The average Bonchev–Trinajstić information content (AvgIpc) is 3.26. The molecule has 5 rings (SSSR count). The summed E-state index contributed by atoms with van der Waals surface area (Å²) in [5.41, 5.74) is 0.180. The molecule has 0 saturated heterocycles. The number of benzene rings is 1. The van der Waals surface area contributed by atoms with E-state index >= 15 is 0 Å². The van der Waals surface area contributed by atoms with E-state index in [1.165, 1.54) is 22.8 Å². The van der Waals surface area contributed by atoms with Crippen LogP contribution in [0.3, 0.4) is 0 Å². The molecule has 11 heteroatoms. The minimum Gasteiger partial charge on any atom is -0.489 e. The molecule has 1 aromatic carbocycles. The highest BCUT2D eigenvalue weighted by Crippen LogP contribution is 2.36. The fraction of sp³-hybridized carbons (Fsp3) is 0.250. The summed E-state index contributed by atoms with van der Waals surface area (Å²) < 4.78 is 48.6. The van der Waals surface area contributed by atoms with Gasteiger partial charge >= 0.3 is 6.18 Å². The number of imidazole rings is 1. The number of alkyl halides is 3. The fourth-order valence-electron chi connectivity index (χ4n) is 4.20. The highest BCUT2D eigenvalue weighted by Gasteiger charge is 2.35. The number of hydrogen-bond donors (Lipinski definition) is 0. The van der Waals surface area contributed by atoms with Crippen molar-refractivity contribution in [3.05, 3.63) is 82.6 Å². The zero-order valence-electron chi connectivity index (χ0n) is 18.6. The van der Waals surface area contributed by atoms with Crippen LogP contribution in [0.5, 0.6) is 5.75 Å². The van der Waals surface area contributed by atoms with Gasteiger partial charge in [-0.2, -0.15) is 13.2 Å². The molecule has 4 heterocycles. The molecular formula is C24H20F3N5O3. The van der Waals surface area contributed by atoms with Crippen LogP contribution in [0, 0.1) is 6.92 Å². The van der Waals surface area contributed by atoms with Crippen LogP contribution in [0.2, 0.25) is 0 Å². The number of carbonyl (C=O) groups excluding carboxylic acids is 1. The molecule has 0 saturated carbocycles. The number of pyridine rings is 2. The van der Waals surface area contributed by atoms with Crippen LogP contribution < -0.4 is 10.3 Å². The van der Waals surface area contributed by atoms with E-state index in [4.69, 9.17) is 4.74 Å². The van der Waals surface area contributed by atoms with Crippen molar-refractivity contribution >= 4 is 16.7 Å². The third kappa shape index (κ3) is 4.13. The molecule has 0 atom stereocenters. The third-order valence-electron chi connectivity index (χ3n) is 5.89. The molecule has 0 N–H and O–H groups in total. The first-order valence-corrected chi connectivity index (χ1v) is 10.9. The number of fused-ring (bicyclic) bond motifs is 2. The van der Waals surface area contributed by atoms with Gasteiger partial charge in [-0.15, -0.1) is 0 Å². The maximum Gasteiger partial charge on any atom is 0.433 e. The number of nitrogens with zero attached hydrogens (tertiary/aromatic N) is 5. The van der Waals surface area contributed by atoms with Crippen LogP contribution in [0.15, 0.2) is 59.9 Å². The van der Waals surface area contributed by atoms with E-state index < -0.39 is 11.9 Å². The molecule has 4 aromatic rings. The number of rotatable bonds is 5.